The van der Waals surface area contributed by atoms with Gasteiger partial charge in [-0.25, -0.2) is 0 Å². The highest BCUT2D eigenvalue weighted by Crippen LogP contribution is 2.20. The summed E-state index contributed by atoms with van der Waals surface area (Å²) in [7, 11) is 0. The van der Waals surface area contributed by atoms with Gasteiger partial charge in [0.05, 0.1) is 0 Å². The molecule has 18 heavy (non-hydrogen) atoms. The maximum atomic E-state index is 11.8. The van der Waals surface area contributed by atoms with Gasteiger partial charge in [0, 0.05) is 24.1 Å². The topological polar surface area (TPSA) is 54.5 Å². The average molecular weight is 265 g/mol. The van der Waals surface area contributed by atoms with Crippen molar-refractivity contribution in [3.63, 3.8) is 0 Å². The van der Waals surface area contributed by atoms with E-state index in [4.69, 9.17) is 0 Å². The second kappa shape index (κ2) is 5.44. The van der Waals surface area contributed by atoms with Gasteiger partial charge in [-0.3, -0.25) is 19.3 Å². The van der Waals surface area contributed by atoms with Crippen LogP contribution < -0.4 is 0 Å². The third-order valence-corrected chi connectivity index (χ3v) is 3.97. The van der Waals surface area contributed by atoms with Crippen molar-refractivity contribution < 1.29 is 14.4 Å². The lowest BCUT2D eigenvalue weighted by atomic mass is 10.0. The van der Waals surface area contributed by atoms with Gasteiger partial charge in [0.25, 0.3) is 0 Å². The number of thiophene rings is 1. The smallest absolute Gasteiger partial charge is 0.229 e. The van der Waals surface area contributed by atoms with E-state index in [2.05, 4.69) is 0 Å². The Balaban J connectivity index is 2.21. The monoisotopic (exact) mass is 265 g/mol. The van der Waals surface area contributed by atoms with Crippen molar-refractivity contribution in [2.75, 3.05) is 0 Å². The first-order chi connectivity index (χ1) is 8.59. The molecule has 2 amide bonds. The van der Waals surface area contributed by atoms with Crippen molar-refractivity contribution in [1.29, 1.82) is 0 Å². The lowest BCUT2D eigenvalue weighted by Gasteiger charge is -2.31. The van der Waals surface area contributed by atoms with Crippen LogP contribution in [-0.4, -0.2) is 28.5 Å². The molecule has 2 heterocycles. The number of nitrogens with zero attached hydrogens (tertiary/aromatic N) is 1. The molecule has 4 nitrogen and oxygen atoms in total. The molecule has 0 aromatic carbocycles. The lowest BCUT2D eigenvalue weighted by molar-refractivity contribution is -0.154. The van der Waals surface area contributed by atoms with Crippen molar-refractivity contribution in [3.05, 3.63) is 22.4 Å². The zero-order chi connectivity index (χ0) is 13.1. The fourth-order valence-corrected chi connectivity index (χ4v) is 2.90. The molecule has 2 rings (SSSR count). The number of amides is 2. The maximum Gasteiger partial charge on any atom is 0.229 e. The van der Waals surface area contributed by atoms with Gasteiger partial charge in [0.2, 0.25) is 11.8 Å². The van der Waals surface area contributed by atoms with Gasteiger partial charge < -0.3 is 0 Å². The van der Waals surface area contributed by atoms with E-state index in [9.17, 15) is 14.4 Å². The second-order valence-corrected chi connectivity index (χ2v) is 5.45. The van der Waals surface area contributed by atoms with E-state index >= 15 is 0 Å². The molecule has 1 saturated heterocycles. The van der Waals surface area contributed by atoms with E-state index in [1.165, 1.54) is 23.2 Å². The molecule has 1 aromatic rings. The van der Waals surface area contributed by atoms with Crippen LogP contribution in [0.25, 0.3) is 0 Å². The Bertz CT molecular complexity index is 451. The molecule has 1 aliphatic rings. The van der Waals surface area contributed by atoms with Gasteiger partial charge in [-0.15, -0.1) is 11.3 Å². The standard InChI is InChI=1S/C13H15NO3S/c1-9(15)11(8-10-4-3-7-18-10)14-12(16)5-2-6-13(14)17/h3-4,7,11H,2,5-6,8H2,1H3. The normalized spacial score (nSPS) is 17.9. The fourth-order valence-electron chi connectivity index (χ4n) is 2.15. The minimum Gasteiger partial charge on any atom is -0.298 e. The second-order valence-electron chi connectivity index (χ2n) is 4.42. The van der Waals surface area contributed by atoms with E-state index < -0.39 is 6.04 Å². The number of hydrogen-bond donors (Lipinski definition) is 0. The van der Waals surface area contributed by atoms with Crippen LogP contribution in [0.15, 0.2) is 17.5 Å². The Labute approximate surface area is 110 Å². The van der Waals surface area contributed by atoms with E-state index in [-0.39, 0.29) is 17.6 Å². The van der Waals surface area contributed by atoms with Gasteiger partial charge in [0.15, 0.2) is 5.78 Å². The number of rotatable bonds is 4. The molecule has 0 spiro atoms. The van der Waals surface area contributed by atoms with E-state index in [0.717, 1.165) is 4.88 Å². The summed E-state index contributed by atoms with van der Waals surface area (Å²) < 4.78 is 0. The Hall–Kier alpha value is -1.49. The highest BCUT2D eigenvalue weighted by atomic mass is 32.1. The molecule has 0 bridgehead atoms. The van der Waals surface area contributed by atoms with Crippen LogP contribution in [-0.2, 0) is 20.8 Å². The van der Waals surface area contributed by atoms with E-state index in [1.54, 1.807) is 0 Å². The predicted molar refractivity (Wildman–Crippen MR) is 68.2 cm³/mol. The molecule has 1 aliphatic heterocycles. The summed E-state index contributed by atoms with van der Waals surface area (Å²) in [4.78, 5) is 37.6. The Morgan fingerprint density at radius 1 is 1.39 bits per heavy atom. The van der Waals surface area contributed by atoms with Crippen LogP contribution >= 0.6 is 11.3 Å². The van der Waals surface area contributed by atoms with Crippen molar-refractivity contribution in [2.24, 2.45) is 0 Å². The third kappa shape index (κ3) is 2.67. The first kappa shape index (κ1) is 13.0. The summed E-state index contributed by atoms with van der Waals surface area (Å²) in [5, 5.41) is 1.92. The van der Waals surface area contributed by atoms with Crippen LogP contribution in [0.3, 0.4) is 0 Å². The number of Topliss-reactive ketones (excluding diaryl/α,β-unsaturated/α-hetero) is 1. The molecule has 0 radical (unpaired) electrons. The number of ketones is 1. The van der Waals surface area contributed by atoms with Crippen LogP contribution in [0.2, 0.25) is 0 Å². The molecule has 1 fully saturated rings. The van der Waals surface area contributed by atoms with Crippen molar-refractivity contribution in [2.45, 2.75) is 38.6 Å². The summed E-state index contributed by atoms with van der Waals surface area (Å²) in [6.45, 7) is 1.44. The summed E-state index contributed by atoms with van der Waals surface area (Å²) in [6.07, 6.45) is 1.75. The molecule has 0 saturated carbocycles. The van der Waals surface area contributed by atoms with Gasteiger partial charge in [0.1, 0.15) is 6.04 Å². The van der Waals surface area contributed by atoms with Crippen molar-refractivity contribution >= 4 is 28.9 Å². The molecule has 96 valence electrons. The molecule has 5 heteroatoms. The molecular weight excluding hydrogens is 250 g/mol. The first-order valence-corrected chi connectivity index (χ1v) is 6.85. The minimum atomic E-state index is -0.635. The minimum absolute atomic E-state index is 0.132. The van der Waals surface area contributed by atoms with Crippen molar-refractivity contribution in [1.82, 2.24) is 4.90 Å². The van der Waals surface area contributed by atoms with Crippen LogP contribution in [0.1, 0.15) is 31.1 Å². The number of piperidine rings is 1. The SMILES string of the molecule is CC(=O)C(Cc1cccs1)N1C(=O)CCCC1=O. The zero-order valence-electron chi connectivity index (χ0n) is 10.2. The number of carbonyl (C=O) groups is 3. The molecule has 0 aliphatic carbocycles. The summed E-state index contributed by atoms with van der Waals surface area (Å²) in [5.41, 5.74) is 0. The Morgan fingerprint density at radius 3 is 2.56 bits per heavy atom. The van der Waals surface area contributed by atoms with Crippen LogP contribution in [0.4, 0.5) is 0 Å². The predicted octanol–water partition coefficient (Wildman–Crippen LogP) is 1.79. The molecule has 1 unspecified atom stereocenters. The fraction of sp³-hybridized carbons (Fsp3) is 0.462. The van der Waals surface area contributed by atoms with Crippen molar-refractivity contribution in [3.8, 4) is 0 Å². The third-order valence-electron chi connectivity index (χ3n) is 3.07. The molecule has 0 N–H and O–H groups in total. The number of likely N-dealkylation sites (tertiary alicyclic amines) is 1. The quantitative estimate of drug-likeness (QED) is 0.780. The van der Waals surface area contributed by atoms with E-state index in [1.807, 2.05) is 17.5 Å². The molecule has 1 aromatic heterocycles. The number of imide groups is 1. The maximum absolute atomic E-state index is 11.8. The van der Waals surface area contributed by atoms with Crippen LogP contribution in [0, 0.1) is 0 Å². The lowest BCUT2D eigenvalue weighted by Crippen LogP contribution is -2.50. The largest absolute Gasteiger partial charge is 0.298 e. The highest BCUT2D eigenvalue weighted by Gasteiger charge is 2.35. The summed E-state index contributed by atoms with van der Waals surface area (Å²) in [6, 6.07) is 3.18. The van der Waals surface area contributed by atoms with E-state index in [0.29, 0.717) is 25.7 Å². The highest BCUT2D eigenvalue weighted by molar-refractivity contribution is 7.09. The summed E-state index contributed by atoms with van der Waals surface area (Å²) >= 11 is 1.53. The average Bonchev–Trinajstić information content (AvgIpc) is 2.80. The Kier molecular flexibility index (Phi) is 3.91. The van der Waals surface area contributed by atoms with Gasteiger partial charge >= 0.3 is 0 Å². The van der Waals surface area contributed by atoms with Gasteiger partial charge in [-0.05, 0) is 24.8 Å². The molecular formula is C13H15NO3S. The molecule has 1 atom stereocenters. The Morgan fingerprint density at radius 2 is 2.06 bits per heavy atom. The number of hydrogen-bond acceptors (Lipinski definition) is 4. The van der Waals surface area contributed by atoms with Gasteiger partial charge in [-0.1, -0.05) is 6.07 Å². The summed E-state index contributed by atoms with van der Waals surface area (Å²) in [5.74, 6) is -0.571. The first-order valence-electron chi connectivity index (χ1n) is 5.97. The van der Waals surface area contributed by atoms with Gasteiger partial charge in [-0.2, -0.15) is 0 Å². The zero-order valence-corrected chi connectivity index (χ0v) is 11.0. The van der Waals surface area contributed by atoms with Crippen LogP contribution in [0.5, 0.6) is 0 Å². The number of carbonyl (C=O) groups excluding carboxylic acids is 3.